The van der Waals surface area contributed by atoms with E-state index in [9.17, 15) is 9.18 Å². The third-order valence-electron chi connectivity index (χ3n) is 5.17. The lowest BCUT2D eigenvalue weighted by Crippen LogP contribution is -2.23. The Morgan fingerprint density at radius 1 is 1.28 bits per heavy atom. The van der Waals surface area contributed by atoms with E-state index in [1.54, 1.807) is 12.1 Å². The molecule has 0 atom stereocenters. The van der Waals surface area contributed by atoms with Crippen LogP contribution < -0.4 is 5.32 Å². The summed E-state index contributed by atoms with van der Waals surface area (Å²) in [6.07, 6.45) is 2.02. The SMILES string of the molecule is Cc1nn(Cc2ccc(F)cc2)c2sc(C(=O)NCc3nnc4n3CCC4)cc12. The van der Waals surface area contributed by atoms with E-state index in [-0.39, 0.29) is 11.7 Å². The molecule has 5 rings (SSSR count). The number of halogens is 1. The molecule has 0 saturated carbocycles. The van der Waals surface area contributed by atoms with Crippen LogP contribution in [0.4, 0.5) is 4.39 Å². The normalized spacial score (nSPS) is 13.2. The zero-order chi connectivity index (χ0) is 20.0. The molecule has 9 heteroatoms. The number of thiophene rings is 1. The zero-order valence-electron chi connectivity index (χ0n) is 15.9. The van der Waals surface area contributed by atoms with E-state index in [4.69, 9.17) is 0 Å². The lowest BCUT2D eigenvalue weighted by atomic mass is 10.2. The van der Waals surface area contributed by atoms with Crippen molar-refractivity contribution in [1.82, 2.24) is 29.9 Å². The second-order valence-electron chi connectivity index (χ2n) is 7.17. The van der Waals surface area contributed by atoms with Crippen LogP contribution in [0.2, 0.25) is 0 Å². The van der Waals surface area contributed by atoms with Gasteiger partial charge >= 0.3 is 0 Å². The highest BCUT2D eigenvalue weighted by Crippen LogP contribution is 2.29. The highest BCUT2D eigenvalue weighted by atomic mass is 32.1. The second-order valence-corrected chi connectivity index (χ2v) is 8.20. The Hall–Kier alpha value is -3.07. The van der Waals surface area contributed by atoms with Gasteiger partial charge < -0.3 is 9.88 Å². The highest BCUT2D eigenvalue weighted by molar-refractivity contribution is 7.20. The number of rotatable bonds is 5. The van der Waals surface area contributed by atoms with E-state index in [1.807, 2.05) is 17.7 Å². The van der Waals surface area contributed by atoms with E-state index >= 15 is 0 Å². The number of nitrogens with one attached hydrogen (secondary N) is 1. The van der Waals surface area contributed by atoms with Crippen LogP contribution in [0.5, 0.6) is 0 Å². The van der Waals surface area contributed by atoms with Crippen molar-refractivity contribution in [3.63, 3.8) is 0 Å². The number of carbonyl (C=O) groups excluding carboxylic acids is 1. The van der Waals surface area contributed by atoms with Crippen LogP contribution in [0.25, 0.3) is 10.2 Å². The van der Waals surface area contributed by atoms with Gasteiger partial charge in [-0.15, -0.1) is 21.5 Å². The van der Waals surface area contributed by atoms with Crippen molar-refractivity contribution in [3.05, 3.63) is 63.9 Å². The molecule has 148 valence electrons. The summed E-state index contributed by atoms with van der Waals surface area (Å²) in [6, 6.07) is 8.26. The van der Waals surface area contributed by atoms with Crippen LogP contribution in [-0.2, 0) is 26.1 Å². The van der Waals surface area contributed by atoms with Gasteiger partial charge in [-0.2, -0.15) is 5.10 Å². The first-order valence-corrected chi connectivity index (χ1v) is 10.3. The summed E-state index contributed by atoms with van der Waals surface area (Å²) in [4.78, 5) is 14.3. The average molecular weight is 410 g/mol. The molecule has 0 aliphatic carbocycles. The van der Waals surface area contributed by atoms with Gasteiger partial charge in [-0.25, -0.2) is 4.39 Å². The van der Waals surface area contributed by atoms with E-state index in [0.29, 0.717) is 18.0 Å². The Balaban J connectivity index is 1.35. The molecule has 1 aliphatic rings. The zero-order valence-corrected chi connectivity index (χ0v) is 16.7. The molecule has 3 aromatic heterocycles. The lowest BCUT2D eigenvalue weighted by Gasteiger charge is -2.05. The van der Waals surface area contributed by atoms with E-state index < -0.39 is 0 Å². The van der Waals surface area contributed by atoms with Crippen LogP contribution in [0.15, 0.2) is 30.3 Å². The topological polar surface area (TPSA) is 77.6 Å². The van der Waals surface area contributed by atoms with Gasteiger partial charge in [0.25, 0.3) is 5.91 Å². The maximum Gasteiger partial charge on any atom is 0.261 e. The molecular weight excluding hydrogens is 391 g/mol. The molecule has 0 bridgehead atoms. The summed E-state index contributed by atoms with van der Waals surface area (Å²) in [5, 5.41) is 16.8. The van der Waals surface area contributed by atoms with Gasteiger partial charge in [0, 0.05) is 18.4 Å². The first-order valence-electron chi connectivity index (χ1n) is 9.49. The van der Waals surface area contributed by atoms with Crippen molar-refractivity contribution in [3.8, 4) is 0 Å². The fraction of sp³-hybridized carbons (Fsp3) is 0.300. The van der Waals surface area contributed by atoms with Crippen LogP contribution in [0.3, 0.4) is 0 Å². The molecular formula is C20H19FN6OS. The summed E-state index contributed by atoms with van der Waals surface area (Å²) in [5.41, 5.74) is 1.82. The van der Waals surface area contributed by atoms with Gasteiger partial charge in [-0.1, -0.05) is 12.1 Å². The summed E-state index contributed by atoms with van der Waals surface area (Å²) < 4.78 is 17.1. The Morgan fingerprint density at radius 3 is 2.93 bits per heavy atom. The maximum absolute atomic E-state index is 13.1. The molecule has 1 aromatic carbocycles. The van der Waals surface area contributed by atoms with E-state index in [0.717, 1.165) is 52.5 Å². The number of hydrogen-bond acceptors (Lipinski definition) is 5. The first-order chi connectivity index (χ1) is 14.1. The second kappa shape index (κ2) is 7.07. The maximum atomic E-state index is 13.1. The van der Waals surface area contributed by atoms with Crippen molar-refractivity contribution < 1.29 is 9.18 Å². The van der Waals surface area contributed by atoms with Crippen LogP contribution >= 0.6 is 11.3 Å². The predicted octanol–water partition coefficient (Wildman–Crippen LogP) is 3.06. The minimum absolute atomic E-state index is 0.130. The molecule has 7 nitrogen and oxygen atoms in total. The largest absolute Gasteiger partial charge is 0.344 e. The van der Waals surface area contributed by atoms with Crippen LogP contribution in [0.1, 0.15) is 39.0 Å². The summed E-state index contributed by atoms with van der Waals surface area (Å²) in [5.74, 6) is 1.40. The van der Waals surface area contributed by atoms with Crippen LogP contribution in [-0.4, -0.2) is 30.5 Å². The highest BCUT2D eigenvalue weighted by Gasteiger charge is 2.20. The molecule has 1 N–H and O–H groups in total. The molecule has 0 saturated heterocycles. The van der Waals surface area contributed by atoms with Crippen molar-refractivity contribution in [2.75, 3.05) is 0 Å². The number of hydrogen-bond donors (Lipinski definition) is 1. The number of amides is 1. The fourth-order valence-electron chi connectivity index (χ4n) is 3.68. The molecule has 0 unspecified atom stereocenters. The third-order valence-corrected chi connectivity index (χ3v) is 6.32. The minimum Gasteiger partial charge on any atom is -0.344 e. The Bertz CT molecular complexity index is 1210. The van der Waals surface area contributed by atoms with Gasteiger partial charge in [-0.05, 0) is 37.1 Å². The van der Waals surface area contributed by atoms with Gasteiger partial charge in [-0.3, -0.25) is 9.48 Å². The fourth-order valence-corrected chi connectivity index (χ4v) is 4.76. The van der Waals surface area contributed by atoms with E-state index in [2.05, 4.69) is 25.2 Å². The summed E-state index contributed by atoms with van der Waals surface area (Å²) >= 11 is 1.41. The van der Waals surface area contributed by atoms with Gasteiger partial charge in [0.1, 0.15) is 16.5 Å². The number of carbonyl (C=O) groups is 1. The molecule has 1 amide bonds. The van der Waals surface area contributed by atoms with Crippen molar-refractivity contribution in [1.29, 1.82) is 0 Å². The standard InChI is InChI=1S/C20H19FN6OS/c1-12-15-9-16(19(28)22-10-18-24-23-17-3-2-8-26(17)18)29-20(15)27(25-12)11-13-4-6-14(21)7-5-13/h4-7,9H,2-3,8,10-11H2,1H3,(H,22,28). The van der Waals surface area contributed by atoms with Gasteiger partial charge in [0.05, 0.1) is 23.7 Å². The molecule has 0 spiro atoms. The molecule has 0 radical (unpaired) electrons. The minimum atomic E-state index is -0.260. The number of aromatic nitrogens is 5. The average Bonchev–Trinajstić information content (AvgIpc) is 3.46. The molecule has 4 aromatic rings. The van der Waals surface area contributed by atoms with Crippen LogP contribution in [0, 0.1) is 12.7 Å². The lowest BCUT2D eigenvalue weighted by molar-refractivity contribution is 0.0953. The van der Waals surface area contributed by atoms with Crippen molar-refractivity contribution in [2.45, 2.75) is 39.4 Å². The molecule has 29 heavy (non-hydrogen) atoms. The smallest absolute Gasteiger partial charge is 0.261 e. The molecule has 4 heterocycles. The summed E-state index contributed by atoms with van der Waals surface area (Å²) in [7, 11) is 0. The number of fused-ring (bicyclic) bond motifs is 2. The monoisotopic (exact) mass is 410 g/mol. The van der Waals surface area contributed by atoms with Gasteiger partial charge in [0.15, 0.2) is 5.82 Å². The molecule has 0 fully saturated rings. The Kier molecular flexibility index (Phi) is 4.39. The number of nitrogens with zero attached hydrogens (tertiary/aromatic N) is 5. The number of benzene rings is 1. The predicted molar refractivity (Wildman–Crippen MR) is 107 cm³/mol. The third kappa shape index (κ3) is 3.31. The van der Waals surface area contributed by atoms with Crippen molar-refractivity contribution >= 4 is 27.5 Å². The number of aryl methyl sites for hydroxylation is 2. The quantitative estimate of drug-likeness (QED) is 0.549. The Labute approximate surface area is 170 Å². The van der Waals surface area contributed by atoms with Gasteiger partial charge in [0.2, 0.25) is 0 Å². The molecule has 1 aliphatic heterocycles. The van der Waals surface area contributed by atoms with E-state index in [1.165, 1.54) is 23.5 Å². The van der Waals surface area contributed by atoms with Crippen molar-refractivity contribution in [2.24, 2.45) is 0 Å². The summed E-state index contributed by atoms with van der Waals surface area (Å²) in [6.45, 7) is 3.73. The Morgan fingerprint density at radius 2 is 2.10 bits per heavy atom. The first kappa shape index (κ1) is 18.0.